The maximum Gasteiger partial charge on any atom is 0.339 e. The summed E-state index contributed by atoms with van der Waals surface area (Å²) < 4.78 is 7.03. The minimum absolute atomic E-state index is 0.164. The molecule has 0 fully saturated rings. The molecule has 0 unspecified atom stereocenters. The fourth-order valence-corrected chi connectivity index (χ4v) is 0.642. The molecule has 1 rings (SSSR count). The SMILES string of the molecule is [2H]c1cc(O)c(O)c(C(=O)O)c1. The molecule has 0 saturated heterocycles. The van der Waals surface area contributed by atoms with Crippen LogP contribution in [0.15, 0.2) is 18.2 Å². The molecule has 0 bridgehead atoms. The molecule has 4 nitrogen and oxygen atoms in total. The molecule has 1 aromatic rings. The Hall–Kier alpha value is -1.71. The monoisotopic (exact) mass is 155 g/mol. The molecule has 0 saturated carbocycles. The lowest BCUT2D eigenvalue weighted by Gasteiger charge is -1.99. The van der Waals surface area contributed by atoms with Crippen molar-refractivity contribution in [3.05, 3.63) is 23.7 Å². The third-order valence-corrected chi connectivity index (χ3v) is 1.18. The van der Waals surface area contributed by atoms with Gasteiger partial charge in [-0.05, 0) is 12.1 Å². The average molecular weight is 155 g/mol. The minimum Gasteiger partial charge on any atom is -0.504 e. The molecule has 0 atom stereocenters. The fraction of sp³-hybridized carbons (Fsp3) is 0. The van der Waals surface area contributed by atoms with Gasteiger partial charge in [-0.3, -0.25) is 0 Å². The minimum atomic E-state index is -1.38. The number of benzene rings is 1. The van der Waals surface area contributed by atoms with E-state index in [0.29, 0.717) is 0 Å². The smallest absolute Gasteiger partial charge is 0.339 e. The molecule has 0 aromatic heterocycles. The van der Waals surface area contributed by atoms with Crippen LogP contribution in [0.2, 0.25) is 0 Å². The van der Waals surface area contributed by atoms with E-state index in [2.05, 4.69) is 0 Å². The van der Waals surface area contributed by atoms with E-state index in [-0.39, 0.29) is 6.04 Å². The summed E-state index contributed by atoms with van der Waals surface area (Å²) in [4.78, 5) is 10.4. The second-order valence-electron chi connectivity index (χ2n) is 1.91. The molecule has 0 aliphatic heterocycles. The van der Waals surface area contributed by atoms with E-state index in [1.807, 2.05) is 0 Å². The number of phenolic OH excluding ortho intramolecular Hbond substituents is 1. The summed E-state index contributed by atoms with van der Waals surface area (Å²) in [6, 6.07) is 1.75. The second-order valence-corrected chi connectivity index (χ2v) is 1.91. The molecule has 11 heavy (non-hydrogen) atoms. The van der Waals surface area contributed by atoms with E-state index < -0.39 is 23.0 Å². The molecule has 0 radical (unpaired) electrons. The quantitative estimate of drug-likeness (QED) is 0.524. The van der Waals surface area contributed by atoms with Crippen molar-refractivity contribution in [2.45, 2.75) is 0 Å². The van der Waals surface area contributed by atoms with Gasteiger partial charge in [-0.1, -0.05) is 6.04 Å². The zero-order valence-corrected chi connectivity index (χ0v) is 5.40. The van der Waals surface area contributed by atoms with Crippen LogP contribution >= 0.6 is 0 Å². The van der Waals surface area contributed by atoms with Gasteiger partial charge in [0.1, 0.15) is 5.56 Å². The number of rotatable bonds is 1. The highest BCUT2D eigenvalue weighted by Crippen LogP contribution is 2.27. The van der Waals surface area contributed by atoms with Crippen LogP contribution in [0.1, 0.15) is 11.7 Å². The van der Waals surface area contributed by atoms with E-state index in [9.17, 15) is 4.79 Å². The third kappa shape index (κ3) is 1.24. The summed E-state index contributed by atoms with van der Waals surface area (Å²) in [7, 11) is 0. The van der Waals surface area contributed by atoms with Crippen molar-refractivity contribution in [2.24, 2.45) is 0 Å². The first-order chi connectivity index (χ1) is 5.52. The van der Waals surface area contributed by atoms with Gasteiger partial charge >= 0.3 is 5.97 Å². The van der Waals surface area contributed by atoms with Crippen LogP contribution in [0.5, 0.6) is 11.5 Å². The van der Waals surface area contributed by atoms with Crippen molar-refractivity contribution >= 4 is 5.97 Å². The third-order valence-electron chi connectivity index (χ3n) is 1.18. The highest BCUT2D eigenvalue weighted by Gasteiger charge is 2.11. The lowest BCUT2D eigenvalue weighted by molar-refractivity contribution is 0.0693. The van der Waals surface area contributed by atoms with Gasteiger partial charge in [-0.15, -0.1) is 0 Å². The zero-order valence-electron chi connectivity index (χ0n) is 6.40. The Bertz CT molecular complexity index is 334. The lowest BCUT2D eigenvalue weighted by atomic mass is 10.2. The van der Waals surface area contributed by atoms with E-state index in [4.69, 9.17) is 16.7 Å². The van der Waals surface area contributed by atoms with E-state index in [0.717, 1.165) is 12.1 Å². The van der Waals surface area contributed by atoms with E-state index in [1.165, 1.54) is 0 Å². The Labute approximate surface area is 63.7 Å². The van der Waals surface area contributed by atoms with Crippen molar-refractivity contribution in [2.75, 3.05) is 0 Å². The molecule has 4 heteroatoms. The van der Waals surface area contributed by atoms with E-state index >= 15 is 0 Å². The molecule has 1 aromatic carbocycles. The number of carboxylic acids is 1. The highest BCUT2D eigenvalue weighted by atomic mass is 16.4. The summed E-state index contributed by atoms with van der Waals surface area (Å²) >= 11 is 0. The maximum atomic E-state index is 10.4. The molecule has 0 spiro atoms. The summed E-state index contributed by atoms with van der Waals surface area (Å²) in [5.74, 6) is -2.68. The van der Waals surface area contributed by atoms with Gasteiger partial charge in [0, 0.05) is 0 Å². The van der Waals surface area contributed by atoms with Gasteiger partial charge in [0.05, 0.1) is 1.37 Å². The zero-order chi connectivity index (χ0) is 9.30. The topological polar surface area (TPSA) is 77.8 Å². The molecule has 0 aliphatic rings. The number of aromatic hydroxyl groups is 2. The normalized spacial score (nSPS) is 10.7. The molecule has 0 heterocycles. The standard InChI is InChI=1S/C7H6O4/c8-5-3-1-2-4(6(5)9)7(10)11/h1-3,8-9H,(H,10,11)/i1D. The van der Waals surface area contributed by atoms with Gasteiger partial charge in [0.2, 0.25) is 0 Å². The Morgan fingerprint density at radius 2 is 2.09 bits per heavy atom. The number of aromatic carboxylic acids is 1. The summed E-state index contributed by atoms with van der Waals surface area (Å²) in [6.07, 6.45) is 0. The Morgan fingerprint density at radius 1 is 1.45 bits per heavy atom. The first-order valence-corrected chi connectivity index (χ1v) is 2.78. The van der Waals surface area contributed by atoms with Crippen LogP contribution in [-0.4, -0.2) is 21.3 Å². The van der Waals surface area contributed by atoms with Gasteiger partial charge in [0.25, 0.3) is 0 Å². The van der Waals surface area contributed by atoms with E-state index in [1.54, 1.807) is 0 Å². The molecule has 3 N–H and O–H groups in total. The van der Waals surface area contributed by atoms with Gasteiger partial charge in [-0.25, -0.2) is 4.79 Å². The number of carbonyl (C=O) groups is 1. The van der Waals surface area contributed by atoms with Crippen LogP contribution in [0, 0.1) is 0 Å². The Kier molecular flexibility index (Phi) is 1.37. The number of phenols is 2. The van der Waals surface area contributed by atoms with Crippen molar-refractivity contribution < 1.29 is 21.5 Å². The van der Waals surface area contributed by atoms with Crippen molar-refractivity contribution in [1.29, 1.82) is 0 Å². The second kappa shape index (κ2) is 2.49. The highest BCUT2D eigenvalue weighted by molar-refractivity contribution is 5.91. The molecule has 58 valence electrons. The van der Waals surface area contributed by atoms with Crippen molar-refractivity contribution in [3.8, 4) is 11.5 Å². The van der Waals surface area contributed by atoms with Gasteiger partial charge in [-0.2, -0.15) is 0 Å². The van der Waals surface area contributed by atoms with Gasteiger partial charge < -0.3 is 15.3 Å². The lowest BCUT2D eigenvalue weighted by Crippen LogP contribution is -1.95. The summed E-state index contributed by atoms with van der Waals surface area (Å²) in [5, 5.41) is 26.3. The molecular formula is C7H6O4. The Morgan fingerprint density at radius 3 is 2.64 bits per heavy atom. The number of carboxylic acid groups (broad SMARTS) is 1. The number of hydrogen-bond acceptors (Lipinski definition) is 3. The van der Waals surface area contributed by atoms with Crippen LogP contribution in [-0.2, 0) is 0 Å². The molecular weight excluding hydrogens is 148 g/mol. The summed E-state index contributed by atoms with van der Waals surface area (Å²) in [5.41, 5.74) is -0.472. The predicted octanol–water partition coefficient (Wildman–Crippen LogP) is 0.796. The molecule has 0 aliphatic carbocycles. The van der Waals surface area contributed by atoms with Crippen LogP contribution in [0.3, 0.4) is 0 Å². The number of hydrogen-bond donors (Lipinski definition) is 3. The maximum absolute atomic E-state index is 10.4. The fourth-order valence-electron chi connectivity index (χ4n) is 0.642. The first-order valence-electron chi connectivity index (χ1n) is 3.28. The molecule has 0 amide bonds. The predicted molar refractivity (Wildman–Crippen MR) is 36.7 cm³/mol. The van der Waals surface area contributed by atoms with Crippen LogP contribution < -0.4 is 0 Å². The van der Waals surface area contributed by atoms with Crippen LogP contribution in [0.25, 0.3) is 0 Å². The average Bonchev–Trinajstić information content (AvgIpc) is 1.96. The van der Waals surface area contributed by atoms with Gasteiger partial charge in [0.15, 0.2) is 11.5 Å². The Balaban J connectivity index is 3.37. The largest absolute Gasteiger partial charge is 0.504 e. The van der Waals surface area contributed by atoms with Crippen molar-refractivity contribution in [3.63, 3.8) is 0 Å². The number of para-hydroxylation sites is 1. The summed E-state index contributed by atoms with van der Waals surface area (Å²) in [6.45, 7) is 0. The van der Waals surface area contributed by atoms with Crippen LogP contribution in [0.4, 0.5) is 0 Å². The van der Waals surface area contributed by atoms with Crippen molar-refractivity contribution in [1.82, 2.24) is 0 Å². The first kappa shape index (κ1) is 6.03.